The summed E-state index contributed by atoms with van der Waals surface area (Å²) in [5, 5.41) is 14.2. The molecule has 0 spiro atoms. The number of aromatic amines is 1. The first-order valence-electron chi connectivity index (χ1n) is 7.24. The fraction of sp³-hybridized carbons (Fsp3) is 0.438. The van der Waals surface area contributed by atoms with E-state index in [1.54, 1.807) is 0 Å². The largest absolute Gasteiger partial charge is 0.380 e. The topological polar surface area (TPSA) is 65.1 Å². The zero-order chi connectivity index (χ0) is 14.0. The van der Waals surface area contributed by atoms with E-state index in [-0.39, 0.29) is 5.91 Å². The van der Waals surface area contributed by atoms with Crippen molar-refractivity contribution in [3.63, 3.8) is 0 Å². The lowest BCUT2D eigenvalue weighted by molar-refractivity contribution is -0.139. The number of benzene rings is 1. The molecule has 0 radical (unpaired) electrons. The Bertz CT molecular complexity index is 612. The highest BCUT2D eigenvalue weighted by molar-refractivity contribution is 5.85. The molecule has 0 bridgehead atoms. The van der Waals surface area contributed by atoms with Crippen LogP contribution in [0.2, 0.25) is 0 Å². The van der Waals surface area contributed by atoms with Crippen LogP contribution in [-0.2, 0) is 11.2 Å². The van der Waals surface area contributed by atoms with Crippen LogP contribution >= 0.6 is 0 Å². The number of rotatable bonds is 4. The second kappa shape index (κ2) is 5.29. The number of fused-ring (bicyclic) bond motifs is 1. The van der Waals surface area contributed by atoms with Gasteiger partial charge in [0.05, 0.1) is 0 Å². The standard InChI is InChI=1S/C16H20N2O2/c19-15(16(20)7-1-2-8-16)18-9-5-12-3-4-14-13(11-12)6-10-17-14/h3-4,6,10-11,17,20H,1-2,5,7-9H2,(H,18,19). The van der Waals surface area contributed by atoms with E-state index in [0.29, 0.717) is 19.4 Å². The van der Waals surface area contributed by atoms with Crippen LogP contribution in [0.5, 0.6) is 0 Å². The van der Waals surface area contributed by atoms with Gasteiger partial charge in [0.15, 0.2) is 0 Å². The smallest absolute Gasteiger partial charge is 0.251 e. The van der Waals surface area contributed by atoms with E-state index in [1.165, 1.54) is 10.9 Å². The highest BCUT2D eigenvalue weighted by Crippen LogP contribution is 2.29. The van der Waals surface area contributed by atoms with Crippen LogP contribution in [0.15, 0.2) is 30.5 Å². The number of hydrogen-bond acceptors (Lipinski definition) is 2. The molecule has 3 N–H and O–H groups in total. The third kappa shape index (κ3) is 2.56. The van der Waals surface area contributed by atoms with Gasteiger partial charge in [-0.1, -0.05) is 6.07 Å². The SMILES string of the molecule is O=C(NCCc1ccc2[nH]ccc2c1)C1(O)CCCC1. The summed E-state index contributed by atoms with van der Waals surface area (Å²) < 4.78 is 0. The van der Waals surface area contributed by atoms with Gasteiger partial charge in [0.1, 0.15) is 5.60 Å². The Labute approximate surface area is 118 Å². The molecule has 1 saturated carbocycles. The van der Waals surface area contributed by atoms with Crippen molar-refractivity contribution in [2.75, 3.05) is 6.54 Å². The van der Waals surface area contributed by atoms with Gasteiger partial charge in [0, 0.05) is 18.3 Å². The molecule has 1 amide bonds. The fourth-order valence-electron chi connectivity index (χ4n) is 2.93. The van der Waals surface area contributed by atoms with Gasteiger partial charge >= 0.3 is 0 Å². The molecule has 1 aliphatic rings. The minimum atomic E-state index is -1.12. The van der Waals surface area contributed by atoms with Crippen molar-refractivity contribution in [1.82, 2.24) is 10.3 Å². The van der Waals surface area contributed by atoms with E-state index >= 15 is 0 Å². The maximum Gasteiger partial charge on any atom is 0.251 e. The number of H-pyrrole nitrogens is 1. The van der Waals surface area contributed by atoms with E-state index < -0.39 is 5.60 Å². The molecule has 0 unspecified atom stereocenters. The number of nitrogens with one attached hydrogen (secondary N) is 2. The second-order valence-corrected chi connectivity index (χ2v) is 5.64. The minimum Gasteiger partial charge on any atom is -0.380 e. The third-order valence-corrected chi connectivity index (χ3v) is 4.17. The summed E-state index contributed by atoms with van der Waals surface area (Å²) in [4.78, 5) is 15.1. The molecule has 4 nitrogen and oxygen atoms in total. The van der Waals surface area contributed by atoms with Gasteiger partial charge in [-0.3, -0.25) is 4.79 Å². The molecule has 106 valence electrons. The number of amides is 1. The molecule has 1 fully saturated rings. The Kier molecular flexibility index (Phi) is 3.49. The normalized spacial score (nSPS) is 17.4. The van der Waals surface area contributed by atoms with Gasteiger partial charge in [0.25, 0.3) is 5.91 Å². The van der Waals surface area contributed by atoms with Crippen LogP contribution in [0, 0.1) is 0 Å². The summed E-state index contributed by atoms with van der Waals surface area (Å²) in [7, 11) is 0. The summed E-state index contributed by atoms with van der Waals surface area (Å²) in [5.41, 5.74) is 1.19. The Hall–Kier alpha value is -1.81. The Morgan fingerprint density at radius 1 is 1.30 bits per heavy atom. The second-order valence-electron chi connectivity index (χ2n) is 5.64. The first-order valence-corrected chi connectivity index (χ1v) is 7.24. The lowest BCUT2D eigenvalue weighted by Gasteiger charge is -2.20. The minimum absolute atomic E-state index is 0.210. The first-order chi connectivity index (χ1) is 9.67. The predicted octanol–water partition coefficient (Wildman–Crippen LogP) is 2.13. The van der Waals surface area contributed by atoms with Crippen molar-refractivity contribution in [2.45, 2.75) is 37.7 Å². The Morgan fingerprint density at radius 3 is 2.90 bits per heavy atom. The fourth-order valence-corrected chi connectivity index (χ4v) is 2.93. The first kappa shape index (κ1) is 13.2. The summed E-state index contributed by atoms with van der Waals surface area (Å²) in [6, 6.07) is 8.28. The number of carbonyl (C=O) groups is 1. The van der Waals surface area contributed by atoms with Gasteiger partial charge in [-0.15, -0.1) is 0 Å². The van der Waals surface area contributed by atoms with Gasteiger partial charge in [-0.05, 0) is 61.3 Å². The van der Waals surface area contributed by atoms with Crippen molar-refractivity contribution in [2.24, 2.45) is 0 Å². The molecular formula is C16H20N2O2. The molecule has 1 aliphatic carbocycles. The maximum atomic E-state index is 12.0. The van der Waals surface area contributed by atoms with Crippen LogP contribution in [0.1, 0.15) is 31.2 Å². The molecule has 1 aromatic carbocycles. The number of aromatic nitrogens is 1. The van der Waals surface area contributed by atoms with Crippen LogP contribution in [0.4, 0.5) is 0 Å². The van der Waals surface area contributed by atoms with E-state index in [9.17, 15) is 9.90 Å². The summed E-state index contributed by atoms with van der Waals surface area (Å²) in [5.74, 6) is -0.210. The predicted molar refractivity (Wildman–Crippen MR) is 78.4 cm³/mol. The van der Waals surface area contributed by atoms with E-state index in [2.05, 4.69) is 28.5 Å². The van der Waals surface area contributed by atoms with Crippen LogP contribution < -0.4 is 5.32 Å². The average molecular weight is 272 g/mol. The highest BCUT2D eigenvalue weighted by atomic mass is 16.3. The number of hydrogen-bond donors (Lipinski definition) is 3. The van der Waals surface area contributed by atoms with Gasteiger partial charge in [-0.25, -0.2) is 0 Å². The third-order valence-electron chi connectivity index (χ3n) is 4.17. The lowest BCUT2D eigenvalue weighted by Crippen LogP contribution is -2.45. The molecule has 4 heteroatoms. The van der Waals surface area contributed by atoms with Gasteiger partial charge in [0.2, 0.25) is 0 Å². The summed E-state index contributed by atoms with van der Waals surface area (Å²) >= 11 is 0. The molecule has 20 heavy (non-hydrogen) atoms. The quantitative estimate of drug-likeness (QED) is 0.798. The Balaban J connectivity index is 1.55. The maximum absolute atomic E-state index is 12.0. The summed E-state index contributed by atoms with van der Waals surface area (Å²) in [6.07, 6.45) is 5.76. The van der Waals surface area contributed by atoms with Crippen LogP contribution in [-0.4, -0.2) is 28.1 Å². The Morgan fingerprint density at radius 2 is 2.10 bits per heavy atom. The summed E-state index contributed by atoms with van der Waals surface area (Å²) in [6.45, 7) is 0.567. The van der Waals surface area contributed by atoms with Crippen molar-refractivity contribution < 1.29 is 9.90 Å². The van der Waals surface area contributed by atoms with Crippen LogP contribution in [0.3, 0.4) is 0 Å². The molecule has 1 aromatic heterocycles. The van der Waals surface area contributed by atoms with Crippen molar-refractivity contribution >= 4 is 16.8 Å². The lowest BCUT2D eigenvalue weighted by atomic mass is 10.0. The van der Waals surface area contributed by atoms with Crippen molar-refractivity contribution in [3.05, 3.63) is 36.0 Å². The highest BCUT2D eigenvalue weighted by Gasteiger charge is 2.38. The van der Waals surface area contributed by atoms with Gasteiger partial charge < -0.3 is 15.4 Å². The van der Waals surface area contributed by atoms with Crippen molar-refractivity contribution in [3.8, 4) is 0 Å². The molecule has 3 rings (SSSR count). The van der Waals surface area contributed by atoms with Crippen LogP contribution in [0.25, 0.3) is 10.9 Å². The van der Waals surface area contributed by atoms with Crippen molar-refractivity contribution in [1.29, 1.82) is 0 Å². The molecule has 0 atom stereocenters. The van der Waals surface area contributed by atoms with E-state index in [4.69, 9.17) is 0 Å². The zero-order valence-corrected chi connectivity index (χ0v) is 11.5. The molecule has 0 aliphatic heterocycles. The zero-order valence-electron chi connectivity index (χ0n) is 11.5. The molecule has 0 saturated heterocycles. The van der Waals surface area contributed by atoms with Gasteiger partial charge in [-0.2, -0.15) is 0 Å². The molecular weight excluding hydrogens is 252 g/mol. The number of aliphatic hydroxyl groups is 1. The van der Waals surface area contributed by atoms with E-state index in [0.717, 1.165) is 24.8 Å². The van der Waals surface area contributed by atoms with E-state index in [1.807, 2.05) is 12.3 Å². The molecule has 2 aromatic rings. The monoisotopic (exact) mass is 272 g/mol. The average Bonchev–Trinajstić information content (AvgIpc) is 3.07. The molecule has 1 heterocycles. The number of carbonyl (C=O) groups excluding carboxylic acids is 1.